The highest BCUT2D eigenvalue weighted by Crippen LogP contribution is 2.23. The molecule has 0 unspecified atom stereocenters. The molecular formula is C12H16NO+. The van der Waals surface area contributed by atoms with Gasteiger partial charge in [-0.25, -0.2) is 4.58 Å². The van der Waals surface area contributed by atoms with Crippen LogP contribution in [0, 0.1) is 6.92 Å². The van der Waals surface area contributed by atoms with E-state index in [1.165, 1.54) is 11.1 Å². The van der Waals surface area contributed by atoms with E-state index < -0.39 is 0 Å². The van der Waals surface area contributed by atoms with Crippen LogP contribution in [0.3, 0.4) is 0 Å². The van der Waals surface area contributed by atoms with Gasteiger partial charge in [0, 0.05) is 6.42 Å². The highest BCUT2D eigenvalue weighted by Gasteiger charge is 2.16. The van der Waals surface area contributed by atoms with Crippen molar-refractivity contribution in [2.75, 3.05) is 13.3 Å². The van der Waals surface area contributed by atoms with Gasteiger partial charge in [0.25, 0.3) is 6.73 Å². The van der Waals surface area contributed by atoms with Crippen LogP contribution >= 0.6 is 0 Å². The Labute approximate surface area is 84.8 Å². The third-order valence-electron chi connectivity index (χ3n) is 2.45. The molecule has 0 fully saturated rings. The summed E-state index contributed by atoms with van der Waals surface area (Å²) in [5.41, 5.74) is 2.42. The SMILES string of the molecule is CCC[N+]1=Cc2cccc(C)c2OC1. The largest absolute Gasteiger partial charge is 0.435 e. The molecule has 0 aliphatic carbocycles. The van der Waals surface area contributed by atoms with Gasteiger partial charge in [-0.15, -0.1) is 0 Å². The van der Waals surface area contributed by atoms with Crippen LogP contribution in [0.15, 0.2) is 18.2 Å². The summed E-state index contributed by atoms with van der Waals surface area (Å²) >= 11 is 0. The van der Waals surface area contributed by atoms with E-state index in [0.29, 0.717) is 6.73 Å². The predicted molar refractivity (Wildman–Crippen MR) is 57.3 cm³/mol. The van der Waals surface area contributed by atoms with E-state index in [0.717, 1.165) is 18.7 Å². The maximum absolute atomic E-state index is 5.71. The lowest BCUT2D eigenvalue weighted by Crippen LogP contribution is -2.25. The lowest BCUT2D eigenvalue weighted by molar-refractivity contribution is -0.556. The molecule has 0 amide bonds. The first-order valence-electron chi connectivity index (χ1n) is 5.12. The molecule has 0 bridgehead atoms. The zero-order valence-electron chi connectivity index (χ0n) is 8.79. The molecule has 0 radical (unpaired) electrons. The number of rotatable bonds is 2. The molecule has 2 rings (SSSR count). The summed E-state index contributed by atoms with van der Waals surface area (Å²) in [6.07, 6.45) is 3.34. The molecule has 0 saturated heterocycles. The Kier molecular flexibility index (Phi) is 2.53. The van der Waals surface area contributed by atoms with E-state index in [1.807, 2.05) is 0 Å². The van der Waals surface area contributed by atoms with Crippen molar-refractivity contribution in [2.24, 2.45) is 0 Å². The van der Waals surface area contributed by atoms with Crippen molar-refractivity contribution in [1.82, 2.24) is 0 Å². The number of hydrogen-bond acceptors (Lipinski definition) is 1. The molecule has 0 aromatic heterocycles. The van der Waals surface area contributed by atoms with Crippen molar-refractivity contribution >= 4 is 6.21 Å². The Morgan fingerprint density at radius 1 is 1.43 bits per heavy atom. The van der Waals surface area contributed by atoms with Crippen LogP contribution in [-0.4, -0.2) is 24.1 Å². The van der Waals surface area contributed by atoms with Crippen LogP contribution in [0.5, 0.6) is 5.75 Å². The van der Waals surface area contributed by atoms with Gasteiger partial charge in [-0.2, -0.15) is 0 Å². The highest BCUT2D eigenvalue weighted by atomic mass is 16.5. The third kappa shape index (κ3) is 1.65. The van der Waals surface area contributed by atoms with Crippen LogP contribution in [0.4, 0.5) is 0 Å². The van der Waals surface area contributed by atoms with Gasteiger partial charge in [-0.05, 0) is 18.6 Å². The molecule has 0 atom stereocenters. The molecule has 0 saturated carbocycles. The Morgan fingerprint density at radius 3 is 3.07 bits per heavy atom. The second kappa shape index (κ2) is 3.82. The topological polar surface area (TPSA) is 12.2 Å². The summed E-state index contributed by atoms with van der Waals surface area (Å²) in [6.45, 7) is 6.01. The van der Waals surface area contributed by atoms with Crippen LogP contribution in [0.1, 0.15) is 24.5 Å². The molecule has 0 N–H and O–H groups in total. The Hall–Kier alpha value is -1.31. The number of aryl methyl sites for hydroxylation is 1. The predicted octanol–water partition coefficient (Wildman–Crippen LogP) is 2.19. The van der Waals surface area contributed by atoms with Crippen molar-refractivity contribution in [1.29, 1.82) is 0 Å². The summed E-state index contributed by atoms with van der Waals surface area (Å²) in [7, 11) is 0. The molecule has 14 heavy (non-hydrogen) atoms. The summed E-state index contributed by atoms with van der Waals surface area (Å²) in [6, 6.07) is 6.26. The second-order valence-electron chi connectivity index (χ2n) is 3.71. The van der Waals surface area contributed by atoms with Crippen molar-refractivity contribution < 1.29 is 9.31 Å². The zero-order chi connectivity index (χ0) is 9.97. The Balaban J connectivity index is 2.35. The first-order chi connectivity index (χ1) is 6.81. The normalized spacial score (nSPS) is 14.3. The molecule has 1 aromatic rings. The summed E-state index contributed by atoms with van der Waals surface area (Å²) < 4.78 is 7.92. The quantitative estimate of drug-likeness (QED) is 0.651. The van der Waals surface area contributed by atoms with Crippen molar-refractivity contribution in [3.05, 3.63) is 29.3 Å². The molecule has 1 aliphatic heterocycles. The monoisotopic (exact) mass is 190 g/mol. The molecule has 1 heterocycles. The number of ether oxygens (including phenoxy) is 1. The van der Waals surface area contributed by atoms with Gasteiger partial charge in [0.15, 0.2) is 6.21 Å². The minimum atomic E-state index is 0.686. The van der Waals surface area contributed by atoms with E-state index >= 15 is 0 Å². The van der Waals surface area contributed by atoms with Crippen LogP contribution in [-0.2, 0) is 0 Å². The van der Waals surface area contributed by atoms with Gasteiger partial charge in [0.1, 0.15) is 12.3 Å². The van der Waals surface area contributed by atoms with Gasteiger partial charge in [0.2, 0.25) is 0 Å². The van der Waals surface area contributed by atoms with Gasteiger partial charge < -0.3 is 4.74 Å². The molecular weight excluding hydrogens is 174 g/mol. The third-order valence-corrected chi connectivity index (χ3v) is 2.45. The summed E-state index contributed by atoms with van der Waals surface area (Å²) in [5, 5.41) is 0. The minimum Gasteiger partial charge on any atom is -0.435 e. The fraction of sp³-hybridized carbons (Fsp3) is 0.417. The van der Waals surface area contributed by atoms with E-state index in [-0.39, 0.29) is 0 Å². The fourth-order valence-electron chi connectivity index (χ4n) is 1.77. The Bertz CT molecular complexity index is 369. The van der Waals surface area contributed by atoms with Gasteiger partial charge in [0.05, 0.1) is 5.56 Å². The maximum Gasteiger partial charge on any atom is 0.287 e. The van der Waals surface area contributed by atoms with Crippen molar-refractivity contribution in [2.45, 2.75) is 20.3 Å². The van der Waals surface area contributed by atoms with Crippen molar-refractivity contribution in [3.8, 4) is 5.75 Å². The van der Waals surface area contributed by atoms with Crippen molar-refractivity contribution in [3.63, 3.8) is 0 Å². The maximum atomic E-state index is 5.71. The molecule has 2 nitrogen and oxygen atoms in total. The van der Waals surface area contributed by atoms with E-state index in [4.69, 9.17) is 4.74 Å². The highest BCUT2D eigenvalue weighted by molar-refractivity contribution is 5.81. The summed E-state index contributed by atoms with van der Waals surface area (Å²) in [5.74, 6) is 1.04. The van der Waals surface area contributed by atoms with Gasteiger partial charge in [-0.1, -0.05) is 19.1 Å². The number of benzene rings is 1. The van der Waals surface area contributed by atoms with Gasteiger partial charge in [-0.3, -0.25) is 0 Å². The van der Waals surface area contributed by atoms with Crippen LogP contribution in [0.25, 0.3) is 0 Å². The average Bonchev–Trinajstić information content (AvgIpc) is 2.18. The molecule has 1 aromatic carbocycles. The standard InChI is InChI=1S/C12H16NO/c1-3-7-13-8-11-6-4-5-10(2)12(11)14-9-13/h4-6,8H,3,7,9H2,1-2H3/q+1. The molecule has 0 spiro atoms. The number of para-hydroxylation sites is 1. The lowest BCUT2D eigenvalue weighted by Gasteiger charge is -2.15. The molecule has 74 valence electrons. The van der Waals surface area contributed by atoms with Gasteiger partial charge >= 0.3 is 0 Å². The van der Waals surface area contributed by atoms with Crippen LogP contribution < -0.4 is 4.74 Å². The second-order valence-corrected chi connectivity index (χ2v) is 3.71. The van der Waals surface area contributed by atoms with E-state index in [9.17, 15) is 0 Å². The fourth-order valence-corrected chi connectivity index (χ4v) is 1.77. The number of fused-ring (bicyclic) bond motifs is 1. The van der Waals surface area contributed by atoms with Crippen LogP contribution in [0.2, 0.25) is 0 Å². The first kappa shape index (κ1) is 9.25. The smallest absolute Gasteiger partial charge is 0.287 e. The average molecular weight is 190 g/mol. The zero-order valence-corrected chi connectivity index (χ0v) is 8.79. The molecule has 1 aliphatic rings. The minimum absolute atomic E-state index is 0.686. The number of nitrogens with zero attached hydrogens (tertiary/aromatic N) is 1. The molecule has 2 heteroatoms. The van der Waals surface area contributed by atoms with E-state index in [2.05, 4.69) is 42.8 Å². The Morgan fingerprint density at radius 2 is 2.29 bits per heavy atom. The lowest BCUT2D eigenvalue weighted by atomic mass is 10.1. The summed E-state index contributed by atoms with van der Waals surface area (Å²) in [4.78, 5) is 0. The first-order valence-corrected chi connectivity index (χ1v) is 5.12. The number of hydrogen-bond donors (Lipinski definition) is 0. The van der Waals surface area contributed by atoms with E-state index in [1.54, 1.807) is 0 Å².